The number of carbonyl (C=O) groups excluding carboxylic acids is 3. The van der Waals surface area contributed by atoms with Gasteiger partial charge in [0.05, 0.1) is 12.8 Å². The van der Waals surface area contributed by atoms with E-state index < -0.39 is 17.8 Å². The van der Waals surface area contributed by atoms with Gasteiger partial charge >= 0.3 is 6.03 Å². The molecule has 1 saturated heterocycles. The van der Waals surface area contributed by atoms with Gasteiger partial charge in [-0.25, -0.2) is 9.69 Å². The summed E-state index contributed by atoms with van der Waals surface area (Å²) in [6.07, 6.45) is 1.96. The molecule has 4 amide bonds. The minimum absolute atomic E-state index is 0.209. The highest BCUT2D eigenvalue weighted by Crippen LogP contribution is 2.33. The molecule has 0 bridgehead atoms. The maximum absolute atomic E-state index is 13.4. The van der Waals surface area contributed by atoms with E-state index in [1.54, 1.807) is 43.5 Å². The summed E-state index contributed by atoms with van der Waals surface area (Å²) in [6.45, 7) is 4.46. The fraction of sp³-hybridized carbons (Fsp3) is 0.147. The number of halogens is 1. The molecule has 1 aliphatic heterocycles. The zero-order chi connectivity index (χ0) is 29.8. The van der Waals surface area contributed by atoms with Crippen LogP contribution in [0.4, 0.5) is 10.5 Å². The number of imide groups is 2. The first-order valence-corrected chi connectivity index (χ1v) is 13.7. The Balaban J connectivity index is 1.38. The first-order chi connectivity index (χ1) is 20.2. The van der Waals surface area contributed by atoms with Gasteiger partial charge in [-0.3, -0.25) is 14.9 Å². The molecule has 0 aliphatic carbocycles. The van der Waals surface area contributed by atoms with E-state index in [1.165, 1.54) is 6.08 Å². The van der Waals surface area contributed by atoms with Gasteiger partial charge in [0.2, 0.25) is 0 Å². The fourth-order valence-corrected chi connectivity index (χ4v) is 5.22. The van der Waals surface area contributed by atoms with Crippen LogP contribution in [0.2, 0.25) is 5.02 Å². The van der Waals surface area contributed by atoms with Gasteiger partial charge in [-0.05, 0) is 73.0 Å². The number of rotatable bonds is 8. The third kappa shape index (κ3) is 6.37. The van der Waals surface area contributed by atoms with Crippen molar-refractivity contribution in [1.29, 1.82) is 0 Å². The molecule has 1 aliphatic rings. The molecule has 0 spiro atoms. The number of barbiturate groups is 1. The van der Waals surface area contributed by atoms with Crippen LogP contribution in [0.3, 0.4) is 0 Å². The molecular formula is C34H29ClN2O5. The van der Waals surface area contributed by atoms with Crippen molar-refractivity contribution >= 4 is 41.2 Å². The van der Waals surface area contributed by atoms with Crippen LogP contribution in [0, 0.1) is 13.8 Å². The second-order valence-electron chi connectivity index (χ2n) is 10.1. The predicted molar refractivity (Wildman–Crippen MR) is 163 cm³/mol. The Labute approximate surface area is 249 Å². The van der Waals surface area contributed by atoms with Crippen LogP contribution in [-0.2, 0) is 22.6 Å². The lowest BCUT2D eigenvalue weighted by Crippen LogP contribution is -2.54. The summed E-state index contributed by atoms with van der Waals surface area (Å²) < 4.78 is 11.4. The third-order valence-electron chi connectivity index (χ3n) is 6.82. The van der Waals surface area contributed by atoms with Gasteiger partial charge in [-0.2, -0.15) is 0 Å². The van der Waals surface area contributed by atoms with Crippen LogP contribution in [0.5, 0.6) is 11.5 Å². The summed E-state index contributed by atoms with van der Waals surface area (Å²) in [5.74, 6) is -0.451. The number of ether oxygens (including phenoxy) is 2. The van der Waals surface area contributed by atoms with Crippen molar-refractivity contribution in [3.05, 3.63) is 129 Å². The number of aryl methyl sites for hydroxylation is 2. The average Bonchev–Trinajstić information content (AvgIpc) is 2.96. The lowest BCUT2D eigenvalue weighted by Gasteiger charge is -2.26. The van der Waals surface area contributed by atoms with Crippen LogP contribution in [0.1, 0.15) is 33.4 Å². The lowest BCUT2D eigenvalue weighted by molar-refractivity contribution is -0.122. The van der Waals surface area contributed by atoms with E-state index >= 15 is 0 Å². The highest BCUT2D eigenvalue weighted by Gasteiger charge is 2.37. The largest absolute Gasteiger partial charge is 0.496 e. The third-order valence-corrected chi connectivity index (χ3v) is 7.15. The number of hydrogen-bond donors (Lipinski definition) is 1. The molecule has 0 atom stereocenters. The lowest BCUT2D eigenvalue weighted by atomic mass is 9.98. The first-order valence-electron chi connectivity index (χ1n) is 13.3. The van der Waals surface area contributed by atoms with E-state index in [9.17, 15) is 14.4 Å². The van der Waals surface area contributed by atoms with Crippen LogP contribution in [-0.4, -0.2) is 25.0 Å². The van der Waals surface area contributed by atoms with Crippen molar-refractivity contribution in [3.8, 4) is 11.5 Å². The van der Waals surface area contributed by atoms with Gasteiger partial charge in [0.1, 0.15) is 23.7 Å². The van der Waals surface area contributed by atoms with Crippen LogP contribution in [0.25, 0.3) is 6.08 Å². The Morgan fingerprint density at radius 3 is 2.21 bits per heavy atom. The summed E-state index contributed by atoms with van der Waals surface area (Å²) in [4.78, 5) is 39.8. The molecule has 212 valence electrons. The number of amides is 4. The highest BCUT2D eigenvalue weighted by molar-refractivity contribution is 6.39. The van der Waals surface area contributed by atoms with Gasteiger partial charge in [0.15, 0.2) is 0 Å². The van der Waals surface area contributed by atoms with E-state index in [4.69, 9.17) is 21.1 Å². The molecular weight excluding hydrogens is 552 g/mol. The average molecular weight is 581 g/mol. The number of anilines is 1. The molecule has 1 heterocycles. The van der Waals surface area contributed by atoms with E-state index in [1.807, 2.05) is 44.2 Å². The Hall–Kier alpha value is -4.88. The summed E-state index contributed by atoms with van der Waals surface area (Å²) in [5, 5.41) is 2.68. The van der Waals surface area contributed by atoms with Crippen LogP contribution >= 0.6 is 11.6 Å². The summed E-state index contributed by atoms with van der Waals surface area (Å²) >= 11 is 6.69. The molecule has 1 N–H and O–H groups in total. The monoisotopic (exact) mass is 580 g/mol. The van der Waals surface area contributed by atoms with Crippen LogP contribution in [0.15, 0.2) is 90.5 Å². The molecule has 42 heavy (non-hydrogen) atoms. The summed E-state index contributed by atoms with van der Waals surface area (Å²) in [7, 11) is 1.54. The number of hydrogen-bond acceptors (Lipinski definition) is 5. The molecule has 1 fully saturated rings. The Kier molecular flexibility index (Phi) is 8.41. The number of nitrogens with one attached hydrogen (secondary N) is 1. The highest BCUT2D eigenvalue weighted by atomic mass is 35.5. The topological polar surface area (TPSA) is 84.9 Å². The molecule has 0 unspecified atom stereocenters. The standard InChI is InChI=1S/C34H29ClN2O5/c1-21-13-22(2)15-24(14-21)16-28-30(35)18-25(19-31(28)41-3)17-29-32(38)36-34(40)37(33(29)39)26-9-11-27(12-10-26)42-20-23-7-5-4-6-8-23/h4-15,17-19H,16,20H2,1-3H3,(H,36,38,40)/b29-17+. The number of methoxy groups -OCH3 is 1. The van der Waals surface area contributed by atoms with Gasteiger partial charge < -0.3 is 9.47 Å². The van der Waals surface area contributed by atoms with Crippen molar-refractivity contribution < 1.29 is 23.9 Å². The second-order valence-corrected chi connectivity index (χ2v) is 10.5. The van der Waals surface area contributed by atoms with Crippen molar-refractivity contribution in [2.45, 2.75) is 26.9 Å². The molecule has 4 aromatic rings. The fourth-order valence-electron chi connectivity index (χ4n) is 4.93. The van der Waals surface area contributed by atoms with E-state index in [-0.39, 0.29) is 5.57 Å². The molecule has 0 saturated carbocycles. The summed E-state index contributed by atoms with van der Waals surface area (Å²) in [6, 6.07) is 25.1. The Bertz CT molecular complexity index is 1680. The van der Waals surface area contributed by atoms with E-state index in [0.717, 1.165) is 32.7 Å². The second kappa shape index (κ2) is 12.3. The normalized spacial score (nSPS) is 14.2. The van der Waals surface area contributed by atoms with Gasteiger partial charge in [-0.1, -0.05) is 71.3 Å². The van der Waals surface area contributed by atoms with Crippen molar-refractivity contribution in [2.24, 2.45) is 0 Å². The minimum atomic E-state index is -0.834. The van der Waals surface area contributed by atoms with Crippen molar-refractivity contribution in [3.63, 3.8) is 0 Å². The van der Waals surface area contributed by atoms with Gasteiger partial charge in [0.25, 0.3) is 11.8 Å². The van der Waals surface area contributed by atoms with E-state index in [2.05, 4.69) is 23.5 Å². The zero-order valence-corrected chi connectivity index (χ0v) is 24.2. The molecule has 7 nitrogen and oxygen atoms in total. The van der Waals surface area contributed by atoms with Crippen LogP contribution < -0.4 is 19.7 Å². The minimum Gasteiger partial charge on any atom is -0.496 e. The molecule has 0 radical (unpaired) electrons. The van der Waals surface area contributed by atoms with Crippen molar-refractivity contribution in [1.82, 2.24) is 5.32 Å². The quantitative estimate of drug-likeness (QED) is 0.183. The molecule has 4 aromatic carbocycles. The van der Waals surface area contributed by atoms with E-state index in [0.29, 0.717) is 40.8 Å². The van der Waals surface area contributed by atoms with Gasteiger partial charge in [0, 0.05) is 17.0 Å². The number of carbonyl (C=O) groups is 3. The molecule has 5 rings (SSSR count). The number of nitrogens with zero attached hydrogens (tertiary/aromatic N) is 1. The predicted octanol–water partition coefficient (Wildman–Crippen LogP) is 6.80. The first kappa shape index (κ1) is 28.6. The smallest absolute Gasteiger partial charge is 0.335 e. The summed E-state index contributed by atoms with van der Waals surface area (Å²) in [5.41, 5.74) is 5.76. The number of urea groups is 1. The van der Waals surface area contributed by atoms with Crippen molar-refractivity contribution in [2.75, 3.05) is 12.0 Å². The SMILES string of the molecule is COc1cc(/C=C2\C(=O)NC(=O)N(c3ccc(OCc4ccccc4)cc3)C2=O)cc(Cl)c1Cc1cc(C)cc(C)c1. The Morgan fingerprint density at radius 2 is 1.55 bits per heavy atom. The Morgan fingerprint density at radius 1 is 0.857 bits per heavy atom. The zero-order valence-electron chi connectivity index (χ0n) is 23.4. The molecule has 8 heteroatoms. The van der Waals surface area contributed by atoms with Gasteiger partial charge in [-0.15, -0.1) is 0 Å². The maximum atomic E-state index is 13.4. The maximum Gasteiger partial charge on any atom is 0.335 e. The number of benzene rings is 4. The molecule has 0 aromatic heterocycles.